The van der Waals surface area contributed by atoms with Crippen LogP contribution in [-0.4, -0.2) is 33.7 Å². The fourth-order valence-electron chi connectivity index (χ4n) is 2.99. The summed E-state index contributed by atoms with van der Waals surface area (Å²) in [6, 6.07) is 2.37. The molecule has 0 aromatic carbocycles. The molecule has 21 heavy (non-hydrogen) atoms. The second-order valence-corrected chi connectivity index (χ2v) is 5.61. The van der Waals surface area contributed by atoms with Crippen molar-refractivity contribution in [2.24, 2.45) is 5.92 Å². The Morgan fingerprint density at radius 3 is 2.86 bits per heavy atom. The maximum absolute atomic E-state index is 11.5. The Kier molecular flexibility index (Phi) is 3.77. The van der Waals surface area contributed by atoms with Crippen LogP contribution in [0.25, 0.3) is 5.52 Å². The van der Waals surface area contributed by atoms with E-state index in [4.69, 9.17) is 4.74 Å². The van der Waals surface area contributed by atoms with Crippen LogP contribution in [0.15, 0.2) is 18.5 Å². The molecule has 0 atom stereocenters. The number of nitrogens with zero attached hydrogens (tertiary/aromatic N) is 3. The molecule has 1 saturated carbocycles. The molecule has 0 bridgehead atoms. The lowest BCUT2D eigenvalue weighted by molar-refractivity contribution is -0.146. The quantitative estimate of drug-likeness (QED) is 0.877. The van der Waals surface area contributed by atoms with E-state index < -0.39 is 0 Å². The second kappa shape index (κ2) is 5.71. The first-order chi connectivity index (χ1) is 10.2. The van der Waals surface area contributed by atoms with E-state index in [2.05, 4.69) is 15.4 Å². The van der Waals surface area contributed by atoms with Crippen molar-refractivity contribution < 1.29 is 9.53 Å². The van der Waals surface area contributed by atoms with Crippen molar-refractivity contribution in [1.29, 1.82) is 0 Å². The Bertz CT molecular complexity index is 644. The number of carbonyl (C=O) groups is 1. The third-order valence-corrected chi connectivity index (χ3v) is 4.11. The van der Waals surface area contributed by atoms with Crippen LogP contribution in [0.2, 0.25) is 0 Å². The highest BCUT2D eigenvalue weighted by atomic mass is 16.5. The number of anilines is 1. The van der Waals surface area contributed by atoms with E-state index in [1.165, 1.54) is 7.11 Å². The van der Waals surface area contributed by atoms with E-state index in [1.807, 2.05) is 23.7 Å². The first-order valence-electron chi connectivity index (χ1n) is 7.32. The number of esters is 1. The van der Waals surface area contributed by atoms with Gasteiger partial charge in [-0.15, -0.1) is 0 Å². The lowest BCUT2D eigenvalue weighted by atomic mass is 9.86. The molecule has 1 N–H and O–H groups in total. The van der Waals surface area contributed by atoms with E-state index in [9.17, 15) is 4.79 Å². The van der Waals surface area contributed by atoms with Gasteiger partial charge >= 0.3 is 5.97 Å². The van der Waals surface area contributed by atoms with E-state index in [0.717, 1.165) is 42.7 Å². The van der Waals surface area contributed by atoms with Gasteiger partial charge < -0.3 is 10.1 Å². The molecule has 1 aliphatic rings. The fourth-order valence-corrected chi connectivity index (χ4v) is 2.99. The van der Waals surface area contributed by atoms with Crippen LogP contribution in [0.5, 0.6) is 0 Å². The lowest BCUT2D eigenvalue weighted by Crippen LogP contribution is -2.30. The average molecular weight is 288 g/mol. The maximum Gasteiger partial charge on any atom is 0.308 e. The van der Waals surface area contributed by atoms with E-state index in [0.29, 0.717) is 6.04 Å². The van der Waals surface area contributed by atoms with Crippen molar-refractivity contribution in [3.05, 3.63) is 24.2 Å². The predicted molar refractivity (Wildman–Crippen MR) is 79.1 cm³/mol. The smallest absolute Gasteiger partial charge is 0.308 e. The van der Waals surface area contributed by atoms with E-state index in [1.54, 1.807) is 6.20 Å². The van der Waals surface area contributed by atoms with Gasteiger partial charge in [0, 0.05) is 18.4 Å². The number of hydrogen-bond acceptors (Lipinski definition) is 5. The minimum Gasteiger partial charge on any atom is -0.469 e. The first kappa shape index (κ1) is 13.9. The highest BCUT2D eigenvalue weighted by molar-refractivity contribution is 5.72. The molecular formula is C15H20N4O2. The summed E-state index contributed by atoms with van der Waals surface area (Å²) in [5.41, 5.74) is 1.96. The molecule has 1 fully saturated rings. The molecule has 112 valence electrons. The van der Waals surface area contributed by atoms with Crippen LogP contribution < -0.4 is 5.32 Å². The van der Waals surface area contributed by atoms with Gasteiger partial charge in [0.25, 0.3) is 0 Å². The number of aromatic nitrogens is 3. The SMILES string of the molecule is COC(=O)C1CCC(Nc2nccn3nc(C)cc23)CC1. The van der Waals surface area contributed by atoms with Gasteiger partial charge in [-0.1, -0.05) is 0 Å². The second-order valence-electron chi connectivity index (χ2n) is 5.61. The Hall–Kier alpha value is -2.11. The van der Waals surface area contributed by atoms with Gasteiger partial charge in [0.05, 0.1) is 18.7 Å². The number of fused-ring (bicyclic) bond motifs is 1. The molecule has 0 spiro atoms. The van der Waals surface area contributed by atoms with Crippen molar-refractivity contribution in [2.45, 2.75) is 38.6 Å². The van der Waals surface area contributed by atoms with E-state index >= 15 is 0 Å². The van der Waals surface area contributed by atoms with Gasteiger partial charge in [-0.3, -0.25) is 4.79 Å². The molecular weight excluding hydrogens is 268 g/mol. The lowest BCUT2D eigenvalue weighted by Gasteiger charge is -2.28. The van der Waals surface area contributed by atoms with Gasteiger partial charge in [0.2, 0.25) is 0 Å². The highest BCUT2D eigenvalue weighted by Gasteiger charge is 2.27. The van der Waals surface area contributed by atoms with E-state index in [-0.39, 0.29) is 11.9 Å². The highest BCUT2D eigenvalue weighted by Crippen LogP contribution is 2.28. The Labute approximate surface area is 123 Å². The third kappa shape index (κ3) is 2.84. The molecule has 6 heteroatoms. The summed E-state index contributed by atoms with van der Waals surface area (Å²) in [4.78, 5) is 16.0. The van der Waals surface area contributed by atoms with Crippen molar-refractivity contribution >= 4 is 17.3 Å². The summed E-state index contributed by atoms with van der Waals surface area (Å²) in [5.74, 6) is 0.828. The summed E-state index contributed by atoms with van der Waals surface area (Å²) in [6.45, 7) is 1.97. The van der Waals surface area contributed by atoms with Crippen LogP contribution in [0, 0.1) is 12.8 Å². The topological polar surface area (TPSA) is 68.5 Å². The largest absolute Gasteiger partial charge is 0.469 e. The normalized spacial score (nSPS) is 22.2. The molecule has 2 heterocycles. The minimum absolute atomic E-state index is 0.0500. The first-order valence-corrected chi connectivity index (χ1v) is 7.32. The zero-order chi connectivity index (χ0) is 14.8. The van der Waals surface area contributed by atoms with Crippen LogP contribution in [0.4, 0.5) is 5.82 Å². The van der Waals surface area contributed by atoms with Crippen LogP contribution in [-0.2, 0) is 9.53 Å². The van der Waals surface area contributed by atoms with Crippen molar-refractivity contribution in [1.82, 2.24) is 14.6 Å². The molecule has 0 amide bonds. The molecule has 2 aromatic heterocycles. The summed E-state index contributed by atoms with van der Waals surface area (Å²) in [6.07, 6.45) is 7.24. The molecule has 6 nitrogen and oxygen atoms in total. The van der Waals surface area contributed by atoms with Crippen LogP contribution in [0.1, 0.15) is 31.4 Å². The molecule has 1 aliphatic carbocycles. The standard InChI is InChI=1S/C15H20N4O2/c1-10-9-13-14(16-7-8-19(13)18-10)17-12-5-3-11(4-6-12)15(20)21-2/h7-9,11-12H,3-6H2,1-2H3,(H,16,17). The summed E-state index contributed by atoms with van der Waals surface area (Å²) < 4.78 is 6.66. The summed E-state index contributed by atoms with van der Waals surface area (Å²) in [5, 5.41) is 7.88. The number of aryl methyl sites for hydroxylation is 1. The van der Waals surface area contributed by atoms with Crippen LogP contribution >= 0.6 is 0 Å². The number of rotatable bonds is 3. The number of carbonyl (C=O) groups excluding carboxylic acids is 1. The molecule has 2 aromatic rings. The number of ether oxygens (including phenoxy) is 1. The number of methoxy groups -OCH3 is 1. The minimum atomic E-state index is -0.0832. The van der Waals surface area contributed by atoms with Crippen molar-refractivity contribution in [3.8, 4) is 0 Å². The molecule has 0 radical (unpaired) electrons. The average Bonchev–Trinajstić information content (AvgIpc) is 2.88. The molecule has 3 rings (SSSR count). The fraction of sp³-hybridized carbons (Fsp3) is 0.533. The maximum atomic E-state index is 11.5. The Balaban J connectivity index is 1.68. The monoisotopic (exact) mass is 288 g/mol. The van der Waals surface area contributed by atoms with Crippen LogP contribution in [0.3, 0.4) is 0 Å². The Morgan fingerprint density at radius 1 is 1.38 bits per heavy atom. The number of hydrogen-bond donors (Lipinski definition) is 1. The van der Waals surface area contributed by atoms with Gasteiger partial charge in [-0.25, -0.2) is 9.50 Å². The van der Waals surface area contributed by atoms with Gasteiger partial charge in [0.15, 0.2) is 5.82 Å². The summed E-state index contributed by atoms with van der Waals surface area (Å²) >= 11 is 0. The van der Waals surface area contributed by atoms with Gasteiger partial charge in [0.1, 0.15) is 5.52 Å². The van der Waals surface area contributed by atoms with Crippen molar-refractivity contribution in [2.75, 3.05) is 12.4 Å². The predicted octanol–water partition coefficient (Wildman–Crippen LogP) is 2.18. The number of nitrogens with one attached hydrogen (secondary N) is 1. The molecule has 0 aliphatic heterocycles. The Morgan fingerprint density at radius 2 is 2.14 bits per heavy atom. The zero-order valence-corrected chi connectivity index (χ0v) is 12.4. The van der Waals surface area contributed by atoms with Gasteiger partial charge in [-0.05, 0) is 38.7 Å². The zero-order valence-electron chi connectivity index (χ0n) is 12.4. The third-order valence-electron chi connectivity index (χ3n) is 4.11. The summed E-state index contributed by atoms with van der Waals surface area (Å²) in [7, 11) is 1.46. The van der Waals surface area contributed by atoms with Gasteiger partial charge in [-0.2, -0.15) is 5.10 Å². The molecule has 0 saturated heterocycles. The molecule has 0 unspecified atom stereocenters. The van der Waals surface area contributed by atoms with Crippen molar-refractivity contribution in [3.63, 3.8) is 0 Å².